The van der Waals surface area contributed by atoms with Crippen molar-refractivity contribution in [3.05, 3.63) is 29.8 Å². The molecule has 118 valence electrons. The average molecular weight is 403 g/mol. The molecule has 0 spiro atoms. The number of ether oxygens (including phenoxy) is 1. The first kappa shape index (κ1) is 18.1. The minimum absolute atomic E-state index is 0. The van der Waals surface area contributed by atoms with Crippen molar-refractivity contribution in [1.82, 2.24) is 5.32 Å². The molecule has 5 heteroatoms. The molecule has 0 atom stereocenters. The Labute approximate surface area is 144 Å². The highest BCUT2D eigenvalue weighted by Gasteiger charge is 2.21. The molecule has 0 unspecified atom stereocenters. The van der Waals surface area contributed by atoms with Gasteiger partial charge in [0.2, 0.25) is 0 Å². The lowest BCUT2D eigenvalue weighted by Crippen LogP contribution is -2.33. The zero-order chi connectivity index (χ0) is 14.4. The highest BCUT2D eigenvalue weighted by Crippen LogP contribution is 2.20. The largest absolute Gasteiger partial charge is 0.493 e. The summed E-state index contributed by atoms with van der Waals surface area (Å²) >= 11 is 0. The molecule has 1 aromatic carbocycles. The van der Waals surface area contributed by atoms with Crippen molar-refractivity contribution in [2.24, 2.45) is 16.6 Å². The van der Waals surface area contributed by atoms with E-state index < -0.39 is 0 Å². The van der Waals surface area contributed by atoms with Crippen LogP contribution in [0.3, 0.4) is 0 Å². The molecule has 21 heavy (non-hydrogen) atoms. The Kier molecular flexibility index (Phi) is 7.85. The fourth-order valence-electron chi connectivity index (χ4n) is 1.83. The van der Waals surface area contributed by atoms with Crippen LogP contribution in [0.4, 0.5) is 0 Å². The Bertz CT molecular complexity index is 459. The standard InChI is InChI=1S/C16H25N3O.HI/c1-12(2)9-10-20-15-6-4-3-5-13(15)11-18-16(17)19-14-7-8-14;/h3-6,12,14H,7-11H2,1-2H3,(H3,17,18,19);1H. The van der Waals surface area contributed by atoms with Crippen molar-refractivity contribution in [2.75, 3.05) is 6.61 Å². The lowest BCUT2D eigenvalue weighted by atomic mass is 10.1. The van der Waals surface area contributed by atoms with Crippen molar-refractivity contribution in [2.45, 2.75) is 45.7 Å². The molecule has 1 aliphatic rings. The summed E-state index contributed by atoms with van der Waals surface area (Å²) in [6.07, 6.45) is 3.46. The number of nitrogens with one attached hydrogen (secondary N) is 1. The zero-order valence-corrected chi connectivity index (χ0v) is 15.2. The van der Waals surface area contributed by atoms with E-state index in [0.717, 1.165) is 24.3 Å². The summed E-state index contributed by atoms with van der Waals surface area (Å²) in [7, 11) is 0. The second kappa shape index (κ2) is 9.12. The van der Waals surface area contributed by atoms with Crippen molar-refractivity contribution >= 4 is 29.9 Å². The Balaban J connectivity index is 0.00000220. The number of benzene rings is 1. The van der Waals surface area contributed by atoms with Gasteiger partial charge in [-0.1, -0.05) is 32.0 Å². The third-order valence-electron chi connectivity index (χ3n) is 3.27. The first-order chi connectivity index (χ1) is 9.65. The van der Waals surface area contributed by atoms with Gasteiger partial charge in [-0.2, -0.15) is 0 Å². The quantitative estimate of drug-likeness (QED) is 0.417. The van der Waals surface area contributed by atoms with Crippen molar-refractivity contribution in [1.29, 1.82) is 0 Å². The number of halogens is 1. The summed E-state index contributed by atoms with van der Waals surface area (Å²) in [5.74, 6) is 2.10. The van der Waals surface area contributed by atoms with Crippen LogP contribution >= 0.6 is 24.0 Å². The summed E-state index contributed by atoms with van der Waals surface area (Å²) in [5, 5.41) is 3.19. The third-order valence-corrected chi connectivity index (χ3v) is 3.27. The SMILES string of the molecule is CC(C)CCOc1ccccc1CN=C(N)NC1CC1.I. The van der Waals surface area contributed by atoms with Gasteiger partial charge in [-0.15, -0.1) is 24.0 Å². The van der Waals surface area contributed by atoms with E-state index in [1.807, 2.05) is 24.3 Å². The smallest absolute Gasteiger partial charge is 0.189 e. The van der Waals surface area contributed by atoms with Crippen LogP contribution in [-0.2, 0) is 6.54 Å². The Hall–Kier alpha value is -0.980. The maximum Gasteiger partial charge on any atom is 0.189 e. The van der Waals surface area contributed by atoms with Crippen molar-refractivity contribution in [3.63, 3.8) is 0 Å². The number of nitrogens with zero attached hydrogens (tertiary/aromatic N) is 1. The predicted octanol–water partition coefficient (Wildman–Crippen LogP) is 3.30. The average Bonchev–Trinajstić information content (AvgIpc) is 3.21. The molecule has 4 nitrogen and oxygen atoms in total. The summed E-state index contributed by atoms with van der Waals surface area (Å²) in [6, 6.07) is 8.57. The summed E-state index contributed by atoms with van der Waals surface area (Å²) in [5.41, 5.74) is 6.93. The number of guanidine groups is 1. The fraction of sp³-hybridized carbons (Fsp3) is 0.562. The lowest BCUT2D eigenvalue weighted by molar-refractivity contribution is 0.287. The third kappa shape index (κ3) is 7.02. The van der Waals surface area contributed by atoms with E-state index in [1.165, 1.54) is 12.8 Å². The maximum atomic E-state index is 5.85. The van der Waals surface area contributed by atoms with Gasteiger partial charge in [-0.3, -0.25) is 0 Å². The Morgan fingerprint density at radius 2 is 2.10 bits per heavy atom. The van der Waals surface area contributed by atoms with Crippen molar-refractivity contribution in [3.8, 4) is 5.75 Å². The van der Waals surface area contributed by atoms with Gasteiger partial charge in [0, 0.05) is 11.6 Å². The molecule has 1 saturated carbocycles. The maximum absolute atomic E-state index is 5.85. The van der Waals surface area contributed by atoms with Gasteiger partial charge >= 0.3 is 0 Å². The van der Waals surface area contributed by atoms with Gasteiger partial charge < -0.3 is 15.8 Å². The summed E-state index contributed by atoms with van der Waals surface area (Å²) in [6.45, 7) is 5.70. The molecule has 0 bridgehead atoms. The highest BCUT2D eigenvalue weighted by atomic mass is 127. The minimum Gasteiger partial charge on any atom is -0.493 e. The molecule has 0 heterocycles. The molecular weight excluding hydrogens is 377 g/mol. The highest BCUT2D eigenvalue weighted by molar-refractivity contribution is 14.0. The summed E-state index contributed by atoms with van der Waals surface area (Å²) < 4.78 is 5.84. The van der Waals surface area contributed by atoms with Gasteiger partial charge in [-0.25, -0.2) is 4.99 Å². The molecule has 1 aliphatic carbocycles. The van der Waals surface area contributed by atoms with E-state index in [9.17, 15) is 0 Å². The molecule has 1 aromatic rings. The van der Waals surface area contributed by atoms with Gasteiger partial charge in [0.25, 0.3) is 0 Å². The van der Waals surface area contributed by atoms with Gasteiger partial charge in [0.05, 0.1) is 13.2 Å². The van der Waals surface area contributed by atoms with E-state index in [-0.39, 0.29) is 24.0 Å². The van der Waals surface area contributed by atoms with Crippen molar-refractivity contribution < 1.29 is 4.74 Å². The van der Waals surface area contributed by atoms with E-state index in [2.05, 4.69) is 24.2 Å². The molecular formula is C16H26IN3O. The van der Waals surface area contributed by atoms with Crippen LogP contribution in [0.2, 0.25) is 0 Å². The number of hydrogen-bond donors (Lipinski definition) is 2. The van der Waals surface area contributed by atoms with Crippen LogP contribution < -0.4 is 15.8 Å². The van der Waals surface area contributed by atoms with Gasteiger partial charge in [0.1, 0.15) is 5.75 Å². The normalized spacial score (nSPS) is 14.7. The first-order valence-corrected chi connectivity index (χ1v) is 7.42. The van der Waals surface area contributed by atoms with E-state index in [1.54, 1.807) is 0 Å². The molecule has 1 fully saturated rings. The van der Waals surface area contributed by atoms with Crippen LogP contribution in [0, 0.1) is 5.92 Å². The second-order valence-electron chi connectivity index (χ2n) is 5.76. The van der Waals surface area contributed by atoms with Crippen LogP contribution in [0.5, 0.6) is 5.75 Å². The van der Waals surface area contributed by atoms with E-state index >= 15 is 0 Å². The van der Waals surface area contributed by atoms with Crippen LogP contribution in [0.25, 0.3) is 0 Å². The number of para-hydroxylation sites is 1. The molecule has 2 rings (SSSR count). The van der Waals surface area contributed by atoms with Crippen LogP contribution in [0.1, 0.15) is 38.7 Å². The van der Waals surface area contributed by atoms with Crippen LogP contribution in [0.15, 0.2) is 29.3 Å². The minimum atomic E-state index is 0. The number of nitrogens with two attached hydrogens (primary N) is 1. The topological polar surface area (TPSA) is 59.6 Å². The zero-order valence-electron chi connectivity index (χ0n) is 12.8. The summed E-state index contributed by atoms with van der Waals surface area (Å²) in [4.78, 5) is 4.38. The first-order valence-electron chi connectivity index (χ1n) is 7.42. The monoisotopic (exact) mass is 403 g/mol. The Morgan fingerprint density at radius 1 is 1.38 bits per heavy atom. The molecule has 0 aliphatic heterocycles. The van der Waals surface area contributed by atoms with Gasteiger partial charge in [0.15, 0.2) is 5.96 Å². The molecule has 0 radical (unpaired) electrons. The molecule has 0 amide bonds. The number of rotatable bonds is 7. The molecule has 0 saturated heterocycles. The van der Waals surface area contributed by atoms with Crippen LogP contribution in [-0.4, -0.2) is 18.6 Å². The second-order valence-corrected chi connectivity index (χ2v) is 5.76. The predicted molar refractivity (Wildman–Crippen MR) is 98.3 cm³/mol. The van der Waals surface area contributed by atoms with E-state index in [4.69, 9.17) is 10.5 Å². The Morgan fingerprint density at radius 3 is 2.76 bits per heavy atom. The molecule has 3 N–H and O–H groups in total. The molecule has 0 aromatic heterocycles. The lowest BCUT2D eigenvalue weighted by Gasteiger charge is -2.11. The fourth-order valence-corrected chi connectivity index (χ4v) is 1.83. The number of aliphatic imine (C=N–C) groups is 1. The number of hydrogen-bond acceptors (Lipinski definition) is 2. The van der Waals surface area contributed by atoms with Gasteiger partial charge in [-0.05, 0) is 31.2 Å². The van der Waals surface area contributed by atoms with E-state index in [0.29, 0.717) is 24.5 Å².